The molecule has 238 valence electrons. The SMILES string of the molecule is CCCN(OC(=O)C(F)(F)F)C(=O)c1ccc(C)c(-c2nc(NC(CO)CO)nc3c2ccc(=O)n3-c2c(F)cccc2F)c1. The summed E-state index contributed by atoms with van der Waals surface area (Å²) >= 11 is 0. The molecule has 2 aromatic carbocycles. The number of para-hydroxylation sites is 1. The molecular formula is C29H26F5N5O6. The van der Waals surface area contributed by atoms with Crippen molar-refractivity contribution in [1.82, 2.24) is 19.6 Å². The van der Waals surface area contributed by atoms with Crippen LogP contribution in [0.4, 0.5) is 27.9 Å². The Morgan fingerprint density at radius 2 is 1.71 bits per heavy atom. The van der Waals surface area contributed by atoms with Crippen LogP contribution in [0, 0.1) is 18.6 Å². The molecule has 4 aromatic rings. The zero-order chi connectivity index (χ0) is 33.1. The molecule has 2 heterocycles. The van der Waals surface area contributed by atoms with Gasteiger partial charge in [-0.2, -0.15) is 23.2 Å². The third-order valence-corrected chi connectivity index (χ3v) is 6.50. The number of aliphatic hydroxyl groups excluding tert-OH is 2. The fourth-order valence-corrected chi connectivity index (χ4v) is 4.33. The summed E-state index contributed by atoms with van der Waals surface area (Å²) in [5.41, 5.74) is -1.48. The minimum absolute atomic E-state index is 0.00380. The predicted octanol–water partition coefficient (Wildman–Crippen LogP) is 3.67. The zero-order valence-electron chi connectivity index (χ0n) is 23.7. The van der Waals surface area contributed by atoms with E-state index in [-0.39, 0.29) is 51.8 Å². The monoisotopic (exact) mass is 635 g/mol. The van der Waals surface area contributed by atoms with Crippen LogP contribution in [0.15, 0.2) is 53.3 Å². The molecule has 16 heteroatoms. The number of halogens is 5. The number of carbonyl (C=O) groups excluding carboxylic acids is 2. The molecule has 11 nitrogen and oxygen atoms in total. The summed E-state index contributed by atoms with van der Waals surface area (Å²) in [6.07, 6.45) is -5.22. The number of nitrogens with zero attached hydrogens (tertiary/aromatic N) is 4. The summed E-state index contributed by atoms with van der Waals surface area (Å²) in [6.45, 7) is 1.63. The Bertz CT molecular complexity index is 1790. The van der Waals surface area contributed by atoms with Crippen molar-refractivity contribution >= 4 is 28.9 Å². The second-order valence-electron chi connectivity index (χ2n) is 9.73. The van der Waals surface area contributed by atoms with Crippen molar-refractivity contribution in [3.05, 3.63) is 81.6 Å². The molecule has 0 aliphatic heterocycles. The number of benzene rings is 2. The van der Waals surface area contributed by atoms with Gasteiger partial charge < -0.3 is 20.4 Å². The fraction of sp³-hybridized carbons (Fsp3) is 0.276. The van der Waals surface area contributed by atoms with Gasteiger partial charge >= 0.3 is 12.1 Å². The summed E-state index contributed by atoms with van der Waals surface area (Å²) in [6, 6.07) is 8.25. The van der Waals surface area contributed by atoms with Gasteiger partial charge in [0.05, 0.1) is 31.5 Å². The lowest BCUT2D eigenvalue weighted by Gasteiger charge is -2.22. The molecule has 0 atom stereocenters. The molecule has 0 saturated heterocycles. The first-order valence-electron chi connectivity index (χ1n) is 13.4. The lowest BCUT2D eigenvalue weighted by Crippen LogP contribution is -2.39. The first-order chi connectivity index (χ1) is 21.3. The van der Waals surface area contributed by atoms with Crippen molar-refractivity contribution in [2.45, 2.75) is 32.5 Å². The molecule has 3 N–H and O–H groups in total. The highest BCUT2D eigenvalue weighted by atomic mass is 19.4. The zero-order valence-corrected chi connectivity index (χ0v) is 23.7. The van der Waals surface area contributed by atoms with E-state index in [1.54, 1.807) is 13.8 Å². The van der Waals surface area contributed by atoms with Crippen LogP contribution in [0.5, 0.6) is 0 Å². The number of hydrogen-bond donors (Lipinski definition) is 3. The molecule has 45 heavy (non-hydrogen) atoms. The summed E-state index contributed by atoms with van der Waals surface area (Å²) in [5, 5.41) is 22.2. The molecule has 4 rings (SSSR count). The highest BCUT2D eigenvalue weighted by Crippen LogP contribution is 2.32. The Kier molecular flexibility index (Phi) is 9.78. The Balaban J connectivity index is 1.97. The minimum atomic E-state index is -5.36. The number of carbonyl (C=O) groups is 2. The number of anilines is 1. The van der Waals surface area contributed by atoms with Crippen LogP contribution in [0.25, 0.3) is 28.0 Å². The number of fused-ring (bicyclic) bond motifs is 1. The molecule has 0 bridgehead atoms. The van der Waals surface area contributed by atoms with E-state index in [9.17, 15) is 46.5 Å². The van der Waals surface area contributed by atoms with Crippen LogP contribution in [0.3, 0.4) is 0 Å². The summed E-state index contributed by atoms with van der Waals surface area (Å²) in [5.74, 6) is -6.13. The number of pyridine rings is 1. The van der Waals surface area contributed by atoms with Crippen molar-refractivity contribution in [3.8, 4) is 16.9 Å². The van der Waals surface area contributed by atoms with Gasteiger partial charge in [0.1, 0.15) is 17.3 Å². The average Bonchev–Trinajstić information content (AvgIpc) is 2.99. The highest BCUT2D eigenvalue weighted by molar-refractivity contribution is 5.98. The van der Waals surface area contributed by atoms with Crippen molar-refractivity contribution < 1.29 is 46.6 Å². The van der Waals surface area contributed by atoms with E-state index < -0.39 is 60.2 Å². The normalized spacial score (nSPS) is 11.6. The highest BCUT2D eigenvalue weighted by Gasteiger charge is 2.43. The maximum atomic E-state index is 14.9. The van der Waals surface area contributed by atoms with Crippen LogP contribution in [-0.4, -0.2) is 73.7 Å². The lowest BCUT2D eigenvalue weighted by molar-refractivity contribution is -0.228. The van der Waals surface area contributed by atoms with Gasteiger partial charge in [-0.25, -0.2) is 18.6 Å². The van der Waals surface area contributed by atoms with E-state index in [0.717, 1.165) is 24.3 Å². The number of amides is 1. The second kappa shape index (κ2) is 13.4. The lowest BCUT2D eigenvalue weighted by atomic mass is 9.99. The van der Waals surface area contributed by atoms with Gasteiger partial charge in [-0.1, -0.05) is 19.1 Å². The van der Waals surface area contributed by atoms with Crippen molar-refractivity contribution in [2.75, 3.05) is 25.1 Å². The van der Waals surface area contributed by atoms with Gasteiger partial charge in [0.2, 0.25) is 5.95 Å². The van der Waals surface area contributed by atoms with Crippen LogP contribution in [0.2, 0.25) is 0 Å². The Morgan fingerprint density at radius 1 is 1.04 bits per heavy atom. The predicted molar refractivity (Wildman–Crippen MR) is 150 cm³/mol. The number of hydroxylamine groups is 2. The molecule has 2 aromatic heterocycles. The topological polar surface area (TPSA) is 147 Å². The molecule has 0 unspecified atom stereocenters. The summed E-state index contributed by atoms with van der Waals surface area (Å²) < 4.78 is 69.2. The summed E-state index contributed by atoms with van der Waals surface area (Å²) in [4.78, 5) is 50.8. The molecule has 0 saturated carbocycles. The Labute approximate surface area is 251 Å². The fourth-order valence-electron chi connectivity index (χ4n) is 4.33. The van der Waals surface area contributed by atoms with Crippen LogP contribution >= 0.6 is 0 Å². The standard InChI is InChI=1S/C29H26F5N5O6/c1-3-11-38(45-27(44)29(32,33)34)26(43)16-8-7-15(2)19(12-16)23-18-9-10-22(42)39(24-20(30)5-4-6-21(24)31)25(18)37-28(36-23)35-17(13-40)14-41/h4-10,12,17,40-41H,3,11,13-14H2,1-2H3,(H,35,36,37). The van der Waals surface area contributed by atoms with Crippen molar-refractivity contribution in [2.24, 2.45) is 0 Å². The molecular weight excluding hydrogens is 609 g/mol. The van der Waals surface area contributed by atoms with Gasteiger partial charge in [-0.15, -0.1) is 0 Å². The number of aromatic nitrogens is 3. The molecule has 0 aliphatic carbocycles. The van der Waals surface area contributed by atoms with Crippen LogP contribution in [0.1, 0.15) is 29.3 Å². The van der Waals surface area contributed by atoms with Crippen LogP contribution in [-0.2, 0) is 9.63 Å². The quantitative estimate of drug-likeness (QED) is 0.185. The average molecular weight is 636 g/mol. The van der Waals surface area contributed by atoms with Crippen LogP contribution < -0.4 is 10.9 Å². The molecule has 0 fully saturated rings. The third-order valence-electron chi connectivity index (χ3n) is 6.50. The van der Waals surface area contributed by atoms with Crippen molar-refractivity contribution in [1.29, 1.82) is 0 Å². The van der Waals surface area contributed by atoms with E-state index in [1.165, 1.54) is 24.3 Å². The third kappa shape index (κ3) is 6.91. The van der Waals surface area contributed by atoms with Gasteiger partial charge in [0.25, 0.3) is 11.5 Å². The smallest absolute Gasteiger partial charge is 0.394 e. The number of aliphatic hydroxyl groups is 2. The minimum Gasteiger partial charge on any atom is -0.394 e. The number of rotatable bonds is 9. The van der Waals surface area contributed by atoms with E-state index in [0.29, 0.717) is 10.1 Å². The molecule has 0 radical (unpaired) electrons. The first-order valence-corrected chi connectivity index (χ1v) is 13.4. The largest absolute Gasteiger partial charge is 0.493 e. The van der Waals surface area contributed by atoms with E-state index in [1.807, 2.05) is 0 Å². The molecule has 0 aliphatic rings. The number of hydrogen-bond acceptors (Lipinski definition) is 9. The number of nitrogens with one attached hydrogen (secondary N) is 1. The number of aryl methyl sites for hydroxylation is 1. The van der Waals surface area contributed by atoms with Gasteiger partial charge in [0.15, 0.2) is 5.65 Å². The maximum absolute atomic E-state index is 14.9. The van der Waals surface area contributed by atoms with Gasteiger partial charge in [0, 0.05) is 22.6 Å². The van der Waals surface area contributed by atoms with Crippen molar-refractivity contribution in [3.63, 3.8) is 0 Å². The molecule has 1 amide bonds. The second-order valence-corrected chi connectivity index (χ2v) is 9.73. The Hall–Kier alpha value is -4.96. The first kappa shape index (κ1) is 32.9. The maximum Gasteiger partial charge on any atom is 0.493 e. The number of alkyl halides is 3. The van der Waals surface area contributed by atoms with E-state index in [4.69, 9.17) is 0 Å². The van der Waals surface area contributed by atoms with E-state index in [2.05, 4.69) is 20.1 Å². The molecule has 0 spiro atoms. The Morgan fingerprint density at radius 3 is 2.31 bits per heavy atom. The van der Waals surface area contributed by atoms with Gasteiger partial charge in [-0.05, 0) is 49.2 Å². The summed E-state index contributed by atoms with van der Waals surface area (Å²) in [7, 11) is 0. The van der Waals surface area contributed by atoms with Gasteiger partial charge in [-0.3, -0.25) is 14.2 Å². The van der Waals surface area contributed by atoms with E-state index >= 15 is 0 Å².